The molecule has 0 spiro atoms. The molecular weight excluding hydrogens is 487 g/mol. The van der Waals surface area contributed by atoms with Crippen LogP contribution in [-0.4, -0.2) is 65.6 Å². The molecule has 0 atom stereocenters. The zero-order valence-electron chi connectivity index (χ0n) is 17.6. The van der Waals surface area contributed by atoms with Gasteiger partial charge in [-0.25, -0.2) is 17.8 Å². The van der Waals surface area contributed by atoms with E-state index in [1.807, 2.05) is 15.4 Å². The van der Waals surface area contributed by atoms with Crippen LogP contribution in [0.4, 0.5) is 5.95 Å². The molecule has 0 bridgehead atoms. The highest BCUT2D eigenvalue weighted by atomic mass is 35.5. The zero-order chi connectivity index (χ0) is 23.2. The third-order valence-corrected chi connectivity index (χ3v) is 7.94. The summed E-state index contributed by atoms with van der Waals surface area (Å²) in [6.45, 7) is 1.75. The number of rotatable bonds is 5. The van der Waals surface area contributed by atoms with E-state index in [2.05, 4.69) is 10.2 Å². The van der Waals surface area contributed by atoms with Crippen LogP contribution in [0.15, 0.2) is 47.4 Å². The van der Waals surface area contributed by atoms with Crippen LogP contribution >= 0.6 is 23.2 Å². The summed E-state index contributed by atoms with van der Waals surface area (Å²) < 4.78 is 34.8. The minimum absolute atomic E-state index is 0.186. The van der Waals surface area contributed by atoms with E-state index < -0.39 is 10.0 Å². The molecule has 5 rings (SSSR count). The van der Waals surface area contributed by atoms with Gasteiger partial charge in [-0.05, 0) is 36.4 Å². The fourth-order valence-electron chi connectivity index (χ4n) is 3.98. The number of ether oxygens (including phenoxy) is 1. The predicted molar refractivity (Wildman–Crippen MR) is 126 cm³/mol. The zero-order valence-corrected chi connectivity index (χ0v) is 20.0. The van der Waals surface area contributed by atoms with E-state index in [4.69, 9.17) is 32.9 Å². The Morgan fingerprint density at radius 3 is 2.48 bits per heavy atom. The molecule has 12 heteroatoms. The van der Waals surface area contributed by atoms with Gasteiger partial charge in [0.05, 0.1) is 10.4 Å². The first-order chi connectivity index (χ1) is 15.9. The van der Waals surface area contributed by atoms with Gasteiger partial charge >= 0.3 is 0 Å². The minimum Gasteiger partial charge on any atom is -0.377 e. The van der Waals surface area contributed by atoms with Crippen LogP contribution in [0, 0.1) is 0 Å². The van der Waals surface area contributed by atoms with Crippen LogP contribution in [0.2, 0.25) is 10.0 Å². The average Bonchev–Trinajstić information content (AvgIpc) is 3.22. The number of halogens is 2. The van der Waals surface area contributed by atoms with Gasteiger partial charge in [-0.3, -0.25) is 0 Å². The first-order valence-electron chi connectivity index (χ1n) is 10.2. The van der Waals surface area contributed by atoms with Gasteiger partial charge in [-0.2, -0.15) is 4.31 Å². The van der Waals surface area contributed by atoms with Crippen molar-refractivity contribution in [1.29, 1.82) is 0 Å². The summed E-state index contributed by atoms with van der Waals surface area (Å²) in [5.74, 6) is 1.23. The molecule has 1 fully saturated rings. The Labute approximate surface area is 200 Å². The van der Waals surface area contributed by atoms with Gasteiger partial charge in [-0.15, -0.1) is 10.2 Å². The van der Waals surface area contributed by atoms with Crippen molar-refractivity contribution in [3.05, 3.63) is 58.3 Å². The number of fused-ring (bicyclic) bond motifs is 3. The van der Waals surface area contributed by atoms with Crippen molar-refractivity contribution in [3.8, 4) is 0 Å². The second kappa shape index (κ2) is 8.69. The Balaban J connectivity index is 1.50. The van der Waals surface area contributed by atoms with Crippen molar-refractivity contribution in [2.45, 2.75) is 11.5 Å². The molecule has 4 aromatic rings. The van der Waals surface area contributed by atoms with Crippen molar-refractivity contribution in [2.75, 3.05) is 38.2 Å². The molecule has 0 aliphatic carbocycles. The molecule has 0 radical (unpaired) electrons. The monoisotopic (exact) mass is 506 g/mol. The highest BCUT2D eigenvalue weighted by Gasteiger charge is 2.30. The number of hydrogen-bond acceptors (Lipinski definition) is 7. The van der Waals surface area contributed by atoms with Gasteiger partial charge in [0, 0.05) is 48.7 Å². The third-order valence-electron chi connectivity index (χ3n) is 5.58. The lowest BCUT2D eigenvalue weighted by molar-refractivity contribution is 0.177. The molecule has 9 nitrogen and oxygen atoms in total. The lowest BCUT2D eigenvalue weighted by Gasteiger charge is -2.35. The number of piperazine rings is 1. The molecule has 0 saturated carbocycles. The molecule has 3 heterocycles. The minimum atomic E-state index is -3.65. The topological polar surface area (TPSA) is 92.9 Å². The van der Waals surface area contributed by atoms with Crippen LogP contribution in [-0.2, 0) is 21.4 Å². The van der Waals surface area contributed by atoms with Gasteiger partial charge in [0.15, 0.2) is 11.5 Å². The van der Waals surface area contributed by atoms with Crippen LogP contribution in [0.25, 0.3) is 16.6 Å². The Morgan fingerprint density at radius 1 is 1.00 bits per heavy atom. The van der Waals surface area contributed by atoms with E-state index in [1.165, 1.54) is 10.4 Å². The Bertz CT molecular complexity index is 1450. The average molecular weight is 507 g/mol. The molecule has 2 aromatic heterocycles. The smallest absolute Gasteiger partial charge is 0.243 e. The number of nitrogens with zero attached hydrogens (tertiary/aromatic N) is 6. The van der Waals surface area contributed by atoms with E-state index in [1.54, 1.807) is 37.4 Å². The molecule has 1 aliphatic heterocycles. The van der Waals surface area contributed by atoms with E-state index in [9.17, 15) is 8.42 Å². The molecule has 172 valence electrons. The summed E-state index contributed by atoms with van der Waals surface area (Å²) in [5.41, 5.74) is 1.34. The summed E-state index contributed by atoms with van der Waals surface area (Å²) in [7, 11) is -2.05. The predicted octanol–water partition coefficient (Wildman–Crippen LogP) is 3.24. The number of aromatic nitrogens is 4. The standard InChI is InChI=1S/C21H20Cl2N6O3S/c1-32-13-19-25-26-20-17-6-5-15(23)12-18(17)24-21(29(19)20)27-7-9-28(10-8-27)33(30,31)16-4-2-3-14(22)11-16/h2-6,11-12H,7-10,13H2,1H3. The molecule has 2 aromatic carbocycles. The van der Waals surface area contributed by atoms with Crippen LogP contribution in [0.1, 0.15) is 5.82 Å². The van der Waals surface area contributed by atoms with Gasteiger partial charge < -0.3 is 9.64 Å². The maximum absolute atomic E-state index is 13.1. The number of anilines is 1. The molecule has 0 N–H and O–H groups in total. The second-order valence-corrected chi connectivity index (χ2v) is 10.4. The van der Waals surface area contributed by atoms with Gasteiger partial charge in [0.25, 0.3) is 0 Å². The maximum Gasteiger partial charge on any atom is 0.243 e. The van der Waals surface area contributed by atoms with Crippen molar-refractivity contribution in [1.82, 2.24) is 23.9 Å². The third kappa shape index (κ3) is 4.02. The maximum atomic E-state index is 13.1. The lowest BCUT2D eigenvalue weighted by atomic mass is 10.2. The van der Waals surface area contributed by atoms with Crippen molar-refractivity contribution in [3.63, 3.8) is 0 Å². The number of sulfonamides is 1. The van der Waals surface area contributed by atoms with Crippen LogP contribution in [0.3, 0.4) is 0 Å². The fourth-order valence-corrected chi connectivity index (χ4v) is 5.87. The van der Waals surface area contributed by atoms with Gasteiger partial charge in [-0.1, -0.05) is 29.3 Å². The molecule has 0 unspecified atom stereocenters. The molecule has 33 heavy (non-hydrogen) atoms. The molecule has 1 saturated heterocycles. The highest BCUT2D eigenvalue weighted by molar-refractivity contribution is 7.89. The summed E-state index contributed by atoms with van der Waals surface area (Å²) >= 11 is 12.2. The quantitative estimate of drug-likeness (QED) is 0.410. The fraction of sp³-hybridized carbons (Fsp3) is 0.286. The summed E-state index contributed by atoms with van der Waals surface area (Å²) in [6.07, 6.45) is 0. The largest absolute Gasteiger partial charge is 0.377 e. The number of methoxy groups -OCH3 is 1. The van der Waals surface area contributed by atoms with Crippen molar-refractivity contribution >= 4 is 55.7 Å². The van der Waals surface area contributed by atoms with E-state index in [0.29, 0.717) is 59.2 Å². The van der Waals surface area contributed by atoms with Gasteiger partial charge in [0.1, 0.15) is 6.61 Å². The van der Waals surface area contributed by atoms with E-state index in [-0.39, 0.29) is 11.5 Å². The van der Waals surface area contributed by atoms with Gasteiger partial charge in [0.2, 0.25) is 16.0 Å². The SMILES string of the molecule is COCc1nnc2c3ccc(Cl)cc3nc(N3CCN(S(=O)(=O)c4cccc(Cl)c4)CC3)n12. The van der Waals surface area contributed by atoms with Crippen molar-refractivity contribution in [2.24, 2.45) is 0 Å². The molecular formula is C21H20Cl2N6O3S. The Kier molecular flexibility index (Phi) is 5.87. The normalized spacial score (nSPS) is 15.5. The molecule has 1 aliphatic rings. The lowest BCUT2D eigenvalue weighted by Crippen LogP contribution is -2.49. The summed E-state index contributed by atoms with van der Waals surface area (Å²) in [4.78, 5) is 7.06. The Morgan fingerprint density at radius 2 is 1.76 bits per heavy atom. The number of benzene rings is 2. The van der Waals surface area contributed by atoms with Crippen LogP contribution < -0.4 is 4.90 Å². The first-order valence-corrected chi connectivity index (χ1v) is 12.4. The summed E-state index contributed by atoms with van der Waals surface area (Å²) in [5, 5.41) is 10.4. The summed E-state index contributed by atoms with van der Waals surface area (Å²) in [6, 6.07) is 11.7. The highest BCUT2D eigenvalue weighted by Crippen LogP contribution is 2.28. The second-order valence-electron chi connectivity index (χ2n) is 7.63. The van der Waals surface area contributed by atoms with E-state index >= 15 is 0 Å². The van der Waals surface area contributed by atoms with Crippen LogP contribution in [0.5, 0.6) is 0 Å². The van der Waals surface area contributed by atoms with E-state index in [0.717, 1.165) is 5.39 Å². The first kappa shape index (κ1) is 22.3. The molecule has 0 amide bonds. The Hall–Kier alpha value is -2.50. The number of hydrogen-bond donors (Lipinski definition) is 0. The van der Waals surface area contributed by atoms with Crippen molar-refractivity contribution < 1.29 is 13.2 Å².